The van der Waals surface area contributed by atoms with E-state index >= 15 is 0 Å². The van der Waals surface area contributed by atoms with Gasteiger partial charge in [0.05, 0.1) is 18.4 Å². The van der Waals surface area contributed by atoms with Gasteiger partial charge in [-0.05, 0) is 67.9 Å². The van der Waals surface area contributed by atoms with Gasteiger partial charge >= 0.3 is 6.18 Å². The number of carbonyl (C=O) groups excluding carboxylic acids is 2. The van der Waals surface area contributed by atoms with Gasteiger partial charge in [-0.15, -0.1) is 0 Å². The maximum Gasteiger partial charge on any atom is 0.416 e. The molecule has 0 saturated heterocycles. The fourth-order valence-corrected chi connectivity index (χ4v) is 3.59. The van der Waals surface area contributed by atoms with Gasteiger partial charge in [0.2, 0.25) is 0 Å². The van der Waals surface area contributed by atoms with Gasteiger partial charge < -0.3 is 10.1 Å². The number of aryl methyl sites for hydroxylation is 1. The van der Waals surface area contributed by atoms with Crippen LogP contribution < -0.4 is 15.5 Å². The molecule has 0 aliphatic rings. The highest BCUT2D eigenvalue weighted by Gasteiger charge is 2.31. The number of amides is 2. The topological polar surface area (TPSA) is 70.7 Å². The molecule has 0 aliphatic carbocycles. The number of halogens is 3. The van der Waals surface area contributed by atoms with E-state index in [1.165, 1.54) is 17.1 Å². The molecule has 0 spiro atoms. The lowest BCUT2D eigenvalue weighted by molar-refractivity contribution is -0.137. The van der Waals surface area contributed by atoms with E-state index in [2.05, 4.69) is 10.7 Å². The van der Waals surface area contributed by atoms with Crippen molar-refractivity contribution in [3.63, 3.8) is 0 Å². The van der Waals surface area contributed by atoms with Crippen LogP contribution in [-0.4, -0.2) is 36.5 Å². The number of methoxy groups -OCH3 is 1. The molecule has 3 aromatic rings. The maximum atomic E-state index is 13.5. The molecular weight excluding hydrogens is 471 g/mol. The zero-order valence-corrected chi connectivity index (χ0v) is 20.2. The molecule has 9 heteroatoms. The fraction of sp³-hybridized carbons (Fsp3) is 0.259. The highest BCUT2D eigenvalue weighted by molar-refractivity contribution is 5.98. The molecule has 2 N–H and O–H groups in total. The molecule has 1 atom stereocenters. The SMILES string of the molecule is CCN(Nc1ccc(OC)cc1)C(=O)C(Cc1ccc(C(F)(F)F)cc1)NC(=O)c1cccc(C)c1. The van der Waals surface area contributed by atoms with Gasteiger partial charge in [0, 0.05) is 18.5 Å². The van der Waals surface area contributed by atoms with Gasteiger partial charge in [-0.1, -0.05) is 29.8 Å². The molecule has 0 heterocycles. The van der Waals surface area contributed by atoms with Crippen LogP contribution in [-0.2, 0) is 17.4 Å². The van der Waals surface area contributed by atoms with Crippen LogP contribution in [0.15, 0.2) is 72.8 Å². The lowest BCUT2D eigenvalue weighted by atomic mass is 10.0. The summed E-state index contributed by atoms with van der Waals surface area (Å²) in [6, 6.07) is 17.4. The molecule has 0 bridgehead atoms. The van der Waals surface area contributed by atoms with Gasteiger partial charge in [0.15, 0.2) is 0 Å². The Morgan fingerprint density at radius 1 is 1.00 bits per heavy atom. The van der Waals surface area contributed by atoms with Crippen molar-refractivity contribution < 1.29 is 27.5 Å². The fourth-order valence-electron chi connectivity index (χ4n) is 3.59. The summed E-state index contributed by atoms with van der Waals surface area (Å²) in [5.41, 5.74) is 4.61. The van der Waals surface area contributed by atoms with Crippen molar-refractivity contribution >= 4 is 17.5 Å². The molecule has 190 valence electrons. The molecular formula is C27H28F3N3O3. The molecule has 0 fully saturated rings. The van der Waals surface area contributed by atoms with Gasteiger partial charge in [0.1, 0.15) is 11.8 Å². The van der Waals surface area contributed by atoms with Crippen molar-refractivity contribution in [1.82, 2.24) is 10.3 Å². The minimum absolute atomic E-state index is 0.00924. The number of benzene rings is 3. The number of hydrogen-bond donors (Lipinski definition) is 2. The van der Waals surface area contributed by atoms with Gasteiger partial charge in [-0.3, -0.25) is 20.0 Å². The van der Waals surface area contributed by atoms with E-state index in [1.807, 2.05) is 13.0 Å². The van der Waals surface area contributed by atoms with Crippen molar-refractivity contribution in [1.29, 1.82) is 0 Å². The first-order valence-electron chi connectivity index (χ1n) is 11.4. The second kappa shape index (κ2) is 11.6. The minimum Gasteiger partial charge on any atom is -0.497 e. The molecule has 0 aliphatic heterocycles. The summed E-state index contributed by atoms with van der Waals surface area (Å²) in [6.45, 7) is 3.89. The third-order valence-corrected chi connectivity index (χ3v) is 5.54. The van der Waals surface area contributed by atoms with Crippen LogP contribution >= 0.6 is 0 Å². The first-order chi connectivity index (χ1) is 17.1. The number of alkyl halides is 3. The quantitative estimate of drug-likeness (QED) is 0.395. The Labute approximate surface area is 208 Å². The summed E-state index contributed by atoms with van der Waals surface area (Å²) < 4.78 is 44.1. The van der Waals surface area contributed by atoms with Crippen molar-refractivity contribution in [2.45, 2.75) is 32.5 Å². The Hall–Kier alpha value is -4.01. The number of nitrogens with zero attached hydrogens (tertiary/aromatic N) is 1. The Morgan fingerprint density at radius 3 is 2.22 bits per heavy atom. The lowest BCUT2D eigenvalue weighted by Crippen LogP contribution is -2.51. The third kappa shape index (κ3) is 7.00. The van der Waals surface area contributed by atoms with Crippen LogP contribution in [0.3, 0.4) is 0 Å². The number of ether oxygens (including phenoxy) is 1. The summed E-state index contributed by atoms with van der Waals surface area (Å²) in [6.07, 6.45) is -4.45. The van der Waals surface area contributed by atoms with Gasteiger partial charge in [-0.25, -0.2) is 0 Å². The Kier molecular flexibility index (Phi) is 8.58. The zero-order chi connectivity index (χ0) is 26.3. The van der Waals surface area contributed by atoms with E-state index in [1.54, 1.807) is 56.5 Å². The van der Waals surface area contributed by atoms with E-state index < -0.39 is 29.6 Å². The average Bonchev–Trinajstić information content (AvgIpc) is 2.86. The molecule has 3 aromatic carbocycles. The van der Waals surface area contributed by atoms with Gasteiger partial charge in [-0.2, -0.15) is 13.2 Å². The number of carbonyl (C=O) groups is 2. The Bertz CT molecular complexity index is 1180. The molecule has 1 unspecified atom stereocenters. The standard InChI is InChI=1S/C27H28F3N3O3/c1-4-33(32-22-12-14-23(36-3)15-13-22)26(35)24(31-25(34)20-7-5-6-18(2)16-20)17-19-8-10-21(11-9-19)27(28,29)30/h5-16,24,32H,4,17H2,1-3H3,(H,31,34). The smallest absolute Gasteiger partial charge is 0.416 e. The normalized spacial score (nSPS) is 11.9. The molecule has 6 nitrogen and oxygen atoms in total. The average molecular weight is 500 g/mol. The summed E-state index contributed by atoms with van der Waals surface area (Å²) in [4.78, 5) is 26.5. The van der Waals surface area contributed by atoms with Gasteiger partial charge in [0.25, 0.3) is 11.8 Å². The molecule has 0 radical (unpaired) electrons. The predicted octanol–water partition coefficient (Wildman–Crippen LogP) is 5.24. The number of likely N-dealkylation sites (N-methyl/N-ethyl adjacent to an activating group) is 1. The Morgan fingerprint density at radius 2 is 1.67 bits per heavy atom. The van der Waals surface area contributed by atoms with E-state index in [4.69, 9.17) is 4.74 Å². The van der Waals surface area contributed by atoms with Crippen LogP contribution in [0.2, 0.25) is 0 Å². The number of rotatable bonds is 9. The van der Waals surface area contributed by atoms with Crippen LogP contribution in [0, 0.1) is 6.92 Å². The highest BCUT2D eigenvalue weighted by atomic mass is 19.4. The van der Waals surface area contributed by atoms with Crippen molar-refractivity contribution in [3.8, 4) is 5.75 Å². The van der Waals surface area contributed by atoms with Crippen LogP contribution in [0.1, 0.15) is 34.0 Å². The number of anilines is 1. The van der Waals surface area contributed by atoms with Crippen molar-refractivity contribution in [2.24, 2.45) is 0 Å². The van der Waals surface area contributed by atoms with Crippen molar-refractivity contribution in [3.05, 3.63) is 95.1 Å². The minimum atomic E-state index is -4.46. The molecule has 3 rings (SSSR count). The number of hydrazine groups is 1. The third-order valence-electron chi connectivity index (χ3n) is 5.54. The van der Waals surface area contributed by atoms with E-state index in [-0.39, 0.29) is 13.0 Å². The van der Waals surface area contributed by atoms with Crippen LogP contribution in [0.25, 0.3) is 0 Å². The highest BCUT2D eigenvalue weighted by Crippen LogP contribution is 2.29. The second-order valence-corrected chi connectivity index (χ2v) is 8.22. The number of hydrogen-bond acceptors (Lipinski definition) is 4. The summed E-state index contributed by atoms with van der Waals surface area (Å²) in [5, 5.41) is 4.11. The lowest BCUT2D eigenvalue weighted by Gasteiger charge is -2.28. The molecule has 0 saturated carbocycles. The van der Waals surface area contributed by atoms with E-state index in [9.17, 15) is 22.8 Å². The van der Waals surface area contributed by atoms with Crippen LogP contribution in [0.4, 0.5) is 18.9 Å². The molecule has 2 amide bonds. The first-order valence-corrected chi connectivity index (χ1v) is 11.4. The monoisotopic (exact) mass is 499 g/mol. The number of nitrogens with one attached hydrogen (secondary N) is 2. The predicted molar refractivity (Wildman–Crippen MR) is 132 cm³/mol. The molecule has 0 aromatic heterocycles. The van der Waals surface area contributed by atoms with Crippen LogP contribution in [0.5, 0.6) is 5.75 Å². The largest absolute Gasteiger partial charge is 0.497 e. The summed E-state index contributed by atoms with van der Waals surface area (Å²) in [5.74, 6) is -0.237. The first kappa shape index (κ1) is 26.6. The zero-order valence-electron chi connectivity index (χ0n) is 20.2. The molecule has 36 heavy (non-hydrogen) atoms. The second-order valence-electron chi connectivity index (χ2n) is 8.22. The van der Waals surface area contributed by atoms with Crippen molar-refractivity contribution in [2.75, 3.05) is 19.1 Å². The van der Waals surface area contributed by atoms with E-state index in [0.717, 1.165) is 17.7 Å². The Balaban J connectivity index is 1.85. The van der Waals surface area contributed by atoms with E-state index in [0.29, 0.717) is 22.6 Å². The summed E-state index contributed by atoms with van der Waals surface area (Å²) in [7, 11) is 1.55. The summed E-state index contributed by atoms with van der Waals surface area (Å²) >= 11 is 0. The maximum absolute atomic E-state index is 13.5.